The molecule has 0 saturated carbocycles. The summed E-state index contributed by atoms with van der Waals surface area (Å²) in [7, 11) is -3.64. The van der Waals surface area contributed by atoms with Gasteiger partial charge in [-0.05, 0) is 43.5 Å². The Balaban J connectivity index is 1.30. The Labute approximate surface area is 312 Å². The van der Waals surface area contributed by atoms with Gasteiger partial charge >= 0.3 is 5.97 Å². The number of aryl methyl sites for hydroxylation is 1. The Kier molecular flexibility index (Phi) is 16.7. The quantitative estimate of drug-likeness (QED) is 0.0445. The molecule has 2 heterocycles. The van der Waals surface area contributed by atoms with Crippen molar-refractivity contribution >= 4 is 73.3 Å². The first kappa shape index (κ1) is 40.7. The first-order valence-electron chi connectivity index (χ1n) is 18.7. The van der Waals surface area contributed by atoms with Crippen LogP contribution in [0.2, 0.25) is 5.02 Å². The number of ketones is 1. The number of carboxylic acid groups (broad SMARTS) is 1. The van der Waals surface area contributed by atoms with Gasteiger partial charge in [-0.3, -0.25) is 19.1 Å². The molecule has 0 saturated heterocycles. The molecule has 3 aromatic rings. The fourth-order valence-corrected chi connectivity index (χ4v) is 9.16. The number of anilines is 2. The molecular formula is C39H54ClN3O6S2. The molecule has 4 rings (SSSR count). The number of para-hydroxylation sites is 1. The maximum atomic E-state index is 14.1. The molecule has 280 valence electrons. The second kappa shape index (κ2) is 20.9. The molecule has 2 aromatic carbocycles. The van der Waals surface area contributed by atoms with Gasteiger partial charge in [-0.2, -0.15) is 0 Å². The maximum Gasteiger partial charge on any atom is 0.304 e. The number of carbonyl (C=O) groups is 3. The molecule has 0 spiro atoms. The number of hydrogen-bond acceptors (Lipinski definition) is 6. The molecule has 3 N–H and O–H groups in total. The van der Waals surface area contributed by atoms with Crippen molar-refractivity contribution in [2.24, 2.45) is 0 Å². The minimum atomic E-state index is -3.64. The van der Waals surface area contributed by atoms with Crippen molar-refractivity contribution in [3.05, 3.63) is 58.7 Å². The van der Waals surface area contributed by atoms with Gasteiger partial charge in [0.1, 0.15) is 5.25 Å². The van der Waals surface area contributed by atoms with E-state index in [1.165, 1.54) is 82.4 Å². The van der Waals surface area contributed by atoms with Crippen molar-refractivity contribution in [1.29, 1.82) is 0 Å². The average Bonchev–Trinajstić information content (AvgIpc) is 3.69. The van der Waals surface area contributed by atoms with Crippen molar-refractivity contribution in [3.8, 4) is 0 Å². The number of Topliss-reactive ketones (excluding diaryl/α,β-unsaturated/α-hetero) is 1. The summed E-state index contributed by atoms with van der Waals surface area (Å²) < 4.78 is 30.5. The number of amides is 1. The molecule has 1 aliphatic heterocycles. The molecule has 0 fully saturated rings. The molecule has 1 aliphatic rings. The van der Waals surface area contributed by atoms with Crippen LogP contribution in [0.4, 0.5) is 11.4 Å². The molecule has 0 bridgehead atoms. The average molecular weight is 760 g/mol. The summed E-state index contributed by atoms with van der Waals surface area (Å²) in [6, 6.07) is 12.1. The summed E-state index contributed by atoms with van der Waals surface area (Å²) in [5.41, 5.74) is 2.70. The van der Waals surface area contributed by atoms with Gasteiger partial charge in [0, 0.05) is 34.5 Å². The van der Waals surface area contributed by atoms with E-state index in [4.69, 9.17) is 11.6 Å². The van der Waals surface area contributed by atoms with Crippen LogP contribution in [-0.2, 0) is 32.6 Å². The summed E-state index contributed by atoms with van der Waals surface area (Å²) in [5.74, 6) is -2.03. The number of halogens is 1. The lowest BCUT2D eigenvalue weighted by Crippen LogP contribution is -2.33. The number of nitrogens with one attached hydrogen (secondary N) is 2. The molecule has 1 unspecified atom stereocenters. The van der Waals surface area contributed by atoms with Crippen molar-refractivity contribution < 1.29 is 27.9 Å². The number of carbonyl (C=O) groups excluding carboxylic acids is 2. The molecule has 1 aromatic heterocycles. The molecular weight excluding hydrogens is 706 g/mol. The summed E-state index contributed by atoms with van der Waals surface area (Å²) >= 11 is 7.41. The highest BCUT2D eigenvalue weighted by molar-refractivity contribution is 8.01. The highest BCUT2D eigenvalue weighted by atomic mass is 35.5. The van der Waals surface area contributed by atoms with Gasteiger partial charge in [0.25, 0.3) is 0 Å². The van der Waals surface area contributed by atoms with Crippen LogP contribution in [0.15, 0.2) is 42.5 Å². The monoisotopic (exact) mass is 759 g/mol. The fraction of sp³-hybridized carbons (Fsp3) is 0.564. The van der Waals surface area contributed by atoms with Crippen LogP contribution in [0.3, 0.4) is 0 Å². The Bertz CT molecular complexity index is 1720. The van der Waals surface area contributed by atoms with Crippen LogP contribution in [0.5, 0.6) is 0 Å². The number of nitrogens with zero attached hydrogens (tertiary/aromatic N) is 1. The minimum Gasteiger partial charge on any atom is -0.481 e. The lowest BCUT2D eigenvalue weighted by molar-refractivity contribution is -0.136. The van der Waals surface area contributed by atoms with E-state index in [9.17, 15) is 27.9 Å². The smallest absolute Gasteiger partial charge is 0.304 e. The Morgan fingerprint density at radius 3 is 2.18 bits per heavy atom. The van der Waals surface area contributed by atoms with E-state index >= 15 is 0 Å². The third-order valence-electron chi connectivity index (χ3n) is 9.46. The van der Waals surface area contributed by atoms with Crippen LogP contribution < -0.4 is 10.0 Å². The second-order valence-electron chi connectivity index (χ2n) is 13.6. The van der Waals surface area contributed by atoms with Gasteiger partial charge in [0.2, 0.25) is 15.9 Å². The fourth-order valence-electron chi connectivity index (χ4n) is 6.82. The molecule has 0 aliphatic carbocycles. The number of fused-ring (bicyclic) bond motifs is 3. The number of carboxylic acids is 1. The highest BCUT2D eigenvalue weighted by Crippen LogP contribution is 2.35. The van der Waals surface area contributed by atoms with Gasteiger partial charge in [0.05, 0.1) is 28.6 Å². The van der Waals surface area contributed by atoms with Crippen LogP contribution in [0, 0.1) is 0 Å². The number of aromatic nitrogens is 1. The predicted octanol–water partition coefficient (Wildman–Crippen LogP) is 9.86. The zero-order chi connectivity index (χ0) is 36.6. The van der Waals surface area contributed by atoms with Gasteiger partial charge < -0.3 is 15.0 Å². The van der Waals surface area contributed by atoms with Crippen molar-refractivity contribution in [2.45, 2.75) is 128 Å². The first-order chi connectivity index (χ1) is 24.6. The van der Waals surface area contributed by atoms with Gasteiger partial charge in [-0.1, -0.05) is 120 Å². The molecule has 1 atom stereocenters. The van der Waals surface area contributed by atoms with Crippen LogP contribution in [-0.4, -0.2) is 52.5 Å². The molecule has 1 amide bonds. The lowest BCUT2D eigenvalue weighted by Gasteiger charge is -2.17. The number of aliphatic carboxylic acids is 1. The zero-order valence-corrected chi connectivity index (χ0v) is 32.3. The minimum absolute atomic E-state index is 0.0118. The number of benzene rings is 2. The number of sulfonamides is 1. The van der Waals surface area contributed by atoms with E-state index in [0.717, 1.165) is 60.6 Å². The summed E-state index contributed by atoms with van der Waals surface area (Å²) in [5, 5.41) is 11.7. The zero-order valence-electron chi connectivity index (χ0n) is 29.9. The molecule has 0 radical (unpaired) electrons. The van der Waals surface area contributed by atoms with E-state index in [2.05, 4.69) is 21.5 Å². The van der Waals surface area contributed by atoms with Crippen LogP contribution in [0.1, 0.15) is 126 Å². The van der Waals surface area contributed by atoms with E-state index in [-0.39, 0.29) is 34.3 Å². The van der Waals surface area contributed by atoms with Crippen molar-refractivity contribution in [2.75, 3.05) is 21.5 Å². The third-order valence-corrected chi connectivity index (χ3v) is 12.4. The number of hydrogen-bond donors (Lipinski definition) is 3. The van der Waals surface area contributed by atoms with Gasteiger partial charge in [0.15, 0.2) is 5.78 Å². The van der Waals surface area contributed by atoms with Crippen molar-refractivity contribution in [1.82, 2.24) is 4.57 Å². The Morgan fingerprint density at radius 1 is 0.902 bits per heavy atom. The van der Waals surface area contributed by atoms with E-state index in [1.807, 2.05) is 24.3 Å². The highest BCUT2D eigenvalue weighted by Gasteiger charge is 2.34. The molecule has 9 nitrogen and oxygen atoms in total. The maximum absolute atomic E-state index is 14.1. The summed E-state index contributed by atoms with van der Waals surface area (Å²) in [4.78, 5) is 39.2. The number of rotatable bonds is 25. The van der Waals surface area contributed by atoms with E-state index < -0.39 is 32.9 Å². The summed E-state index contributed by atoms with van der Waals surface area (Å²) in [6.45, 7) is 3.02. The third kappa shape index (κ3) is 12.6. The Morgan fingerprint density at radius 2 is 1.53 bits per heavy atom. The van der Waals surface area contributed by atoms with E-state index in [0.29, 0.717) is 18.4 Å². The standard InChI is InChI=1S/C39H54ClN3O6S2/c1-2-3-4-5-6-7-8-9-10-11-12-13-14-17-27-51(48,49)42-29-22-23-31(40)32(28-29)41-39(47)38(50-26-24-35(44)45)37(46)36-30-19-15-16-20-33(30)43-25-18-21-34(36)43/h15-16,19-20,22-23,28,38,42H,2-14,17-18,21,24-27H2,1H3,(H,41,47)(H,44,45). The van der Waals surface area contributed by atoms with Gasteiger partial charge in [-0.25, -0.2) is 8.42 Å². The number of thioether (sulfide) groups is 1. The topological polar surface area (TPSA) is 135 Å². The predicted molar refractivity (Wildman–Crippen MR) is 211 cm³/mol. The summed E-state index contributed by atoms with van der Waals surface area (Å²) in [6.07, 6.45) is 18.0. The van der Waals surface area contributed by atoms with Crippen molar-refractivity contribution in [3.63, 3.8) is 0 Å². The second-order valence-corrected chi connectivity index (χ2v) is 17.0. The van der Waals surface area contributed by atoms with Crippen LogP contribution in [0.25, 0.3) is 10.9 Å². The van der Waals surface area contributed by atoms with E-state index in [1.54, 1.807) is 0 Å². The van der Waals surface area contributed by atoms with Gasteiger partial charge in [-0.15, -0.1) is 11.8 Å². The van der Waals surface area contributed by atoms with Crippen LogP contribution >= 0.6 is 23.4 Å². The lowest BCUT2D eigenvalue weighted by atomic mass is 10.0. The number of unbranched alkanes of at least 4 members (excludes halogenated alkanes) is 13. The Hall–Kier alpha value is -3.02. The SMILES string of the molecule is CCCCCCCCCCCCCCCCS(=O)(=O)Nc1ccc(Cl)c(NC(=O)C(SCCC(=O)O)C(=O)c2c3n(c4ccccc24)CCC3)c1. The first-order valence-corrected chi connectivity index (χ1v) is 21.8. The molecule has 12 heteroatoms. The molecule has 51 heavy (non-hydrogen) atoms. The normalized spacial score (nSPS) is 13.3. The largest absolute Gasteiger partial charge is 0.481 e.